The summed E-state index contributed by atoms with van der Waals surface area (Å²) >= 11 is 0. The van der Waals surface area contributed by atoms with E-state index in [-0.39, 0.29) is 0 Å². The Kier molecular flexibility index (Phi) is 3.30. The van der Waals surface area contributed by atoms with Crippen molar-refractivity contribution in [2.24, 2.45) is 5.92 Å². The lowest BCUT2D eigenvalue weighted by Gasteiger charge is -2.31. The van der Waals surface area contributed by atoms with Gasteiger partial charge in [-0.25, -0.2) is 0 Å². The van der Waals surface area contributed by atoms with Gasteiger partial charge in [-0.2, -0.15) is 0 Å². The molecule has 4 rings (SSSR count). The number of benzene rings is 2. The van der Waals surface area contributed by atoms with Gasteiger partial charge < -0.3 is 15.8 Å². The average molecular weight is 294 g/mol. The number of anilines is 1. The minimum atomic E-state index is 0.409. The lowest BCUT2D eigenvalue weighted by Crippen LogP contribution is -2.32. The molecular formula is C19H22N2O. The van der Waals surface area contributed by atoms with Gasteiger partial charge in [0.1, 0.15) is 5.75 Å². The summed E-state index contributed by atoms with van der Waals surface area (Å²) in [4.78, 5) is 0. The first-order valence-corrected chi connectivity index (χ1v) is 8.04. The van der Waals surface area contributed by atoms with Crippen LogP contribution in [0.2, 0.25) is 0 Å². The molecule has 0 bridgehead atoms. The van der Waals surface area contributed by atoms with Crippen LogP contribution in [-0.4, -0.2) is 13.7 Å². The lowest BCUT2D eigenvalue weighted by molar-refractivity contribution is 0.287. The Hall–Kier alpha value is -2.00. The van der Waals surface area contributed by atoms with Crippen molar-refractivity contribution in [2.75, 3.05) is 19.4 Å². The van der Waals surface area contributed by atoms with Crippen LogP contribution in [-0.2, 0) is 0 Å². The van der Waals surface area contributed by atoms with E-state index >= 15 is 0 Å². The van der Waals surface area contributed by atoms with Crippen LogP contribution < -0.4 is 15.8 Å². The van der Waals surface area contributed by atoms with Gasteiger partial charge in [0, 0.05) is 17.6 Å². The molecule has 0 amide bonds. The molecule has 3 nitrogen and oxygen atoms in total. The Balaban J connectivity index is 1.86. The SMILES string of the molecule is COc1ccc2c(c1)C(c1cccc(N)c1)C1CCCNC21. The van der Waals surface area contributed by atoms with Gasteiger partial charge in [-0.05, 0) is 66.3 Å². The van der Waals surface area contributed by atoms with Gasteiger partial charge in [0.15, 0.2) is 0 Å². The van der Waals surface area contributed by atoms with Crippen LogP contribution in [0.4, 0.5) is 5.69 Å². The van der Waals surface area contributed by atoms with Crippen LogP contribution in [0.1, 0.15) is 41.5 Å². The van der Waals surface area contributed by atoms with Gasteiger partial charge >= 0.3 is 0 Å². The second-order valence-electron chi connectivity index (χ2n) is 6.38. The molecule has 114 valence electrons. The normalized spacial score (nSPS) is 26.3. The second-order valence-corrected chi connectivity index (χ2v) is 6.38. The average Bonchev–Trinajstić information content (AvgIpc) is 2.88. The van der Waals surface area contributed by atoms with Crippen LogP contribution in [0.15, 0.2) is 42.5 Å². The zero-order chi connectivity index (χ0) is 15.1. The number of nitrogen functional groups attached to an aromatic ring is 1. The van der Waals surface area contributed by atoms with Crippen molar-refractivity contribution in [1.29, 1.82) is 0 Å². The Bertz CT molecular complexity index is 698. The number of hydrogen-bond donors (Lipinski definition) is 2. The maximum atomic E-state index is 6.03. The van der Waals surface area contributed by atoms with Gasteiger partial charge in [0.25, 0.3) is 0 Å². The summed E-state index contributed by atoms with van der Waals surface area (Å²) in [5.41, 5.74) is 11.0. The quantitative estimate of drug-likeness (QED) is 0.834. The van der Waals surface area contributed by atoms with Crippen molar-refractivity contribution in [3.8, 4) is 5.75 Å². The van der Waals surface area contributed by atoms with Gasteiger partial charge in [-0.3, -0.25) is 0 Å². The monoisotopic (exact) mass is 294 g/mol. The van der Waals surface area contributed by atoms with Gasteiger partial charge in [-0.15, -0.1) is 0 Å². The summed E-state index contributed by atoms with van der Waals surface area (Å²) in [6.45, 7) is 1.11. The van der Waals surface area contributed by atoms with E-state index in [0.717, 1.165) is 18.0 Å². The van der Waals surface area contributed by atoms with Gasteiger partial charge in [-0.1, -0.05) is 18.2 Å². The molecule has 0 radical (unpaired) electrons. The Morgan fingerprint density at radius 3 is 2.86 bits per heavy atom. The fourth-order valence-electron chi connectivity index (χ4n) is 4.26. The first-order chi connectivity index (χ1) is 10.8. The molecule has 2 aromatic carbocycles. The highest BCUT2D eigenvalue weighted by molar-refractivity contribution is 5.52. The van der Waals surface area contributed by atoms with Gasteiger partial charge in [0.05, 0.1) is 7.11 Å². The molecule has 1 heterocycles. The molecule has 3 unspecified atom stereocenters. The zero-order valence-corrected chi connectivity index (χ0v) is 12.9. The molecule has 0 spiro atoms. The summed E-state index contributed by atoms with van der Waals surface area (Å²) in [6, 6.07) is 15.3. The highest BCUT2D eigenvalue weighted by Crippen LogP contribution is 2.52. The van der Waals surface area contributed by atoms with Crippen molar-refractivity contribution in [3.05, 3.63) is 59.2 Å². The molecule has 3 heteroatoms. The molecule has 1 aliphatic carbocycles. The number of nitrogens with one attached hydrogen (secondary N) is 1. The first-order valence-electron chi connectivity index (χ1n) is 8.04. The van der Waals surface area contributed by atoms with Crippen molar-refractivity contribution in [2.45, 2.75) is 24.8 Å². The lowest BCUT2D eigenvalue weighted by atomic mass is 9.80. The summed E-state index contributed by atoms with van der Waals surface area (Å²) in [5, 5.41) is 3.72. The summed E-state index contributed by atoms with van der Waals surface area (Å²) < 4.78 is 5.46. The summed E-state index contributed by atoms with van der Waals surface area (Å²) in [6.07, 6.45) is 2.50. The Labute approximate surface area is 131 Å². The molecule has 1 aliphatic heterocycles. The van der Waals surface area contributed by atoms with Crippen LogP contribution in [0, 0.1) is 5.92 Å². The molecule has 0 saturated carbocycles. The van der Waals surface area contributed by atoms with Crippen molar-refractivity contribution < 1.29 is 4.74 Å². The van der Waals surface area contributed by atoms with E-state index < -0.39 is 0 Å². The van der Waals surface area contributed by atoms with Crippen molar-refractivity contribution in [3.63, 3.8) is 0 Å². The molecule has 22 heavy (non-hydrogen) atoms. The minimum Gasteiger partial charge on any atom is -0.497 e. The van der Waals surface area contributed by atoms with E-state index in [9.17, 15) is 0 Å². The number of ether oxygens (including phenoxy) is 1. The van der Waals surface area contributed by atoms with E-state index in [1.807, 2.05) is 6.07 Å². The molecular weight excluding hydrogens is 272 g/mol. The Morgan fingerprint density at radius 2 is 2.05 bits per heavy atom. The number of fused-ring (bicyclic) bond motifs is 3. The fraction of sp³-hybridized carbons (Fsp3) is 0.368. The van der Waals surface area contributed by atoms with E-state index in [2.05, 4.69) is 41.7 Å². The molecule has 2 aromatic rings. The van der Waals surface area contributed by atoms with Crippen LogP contribution in [0.5, 0.6) is 5.75 Å². The van der Waals surface area contributed by atoms with E-state index in [0.29, 0.717) is 17.9 Å². The third-order valence-electron chi connectivity index (χ3n) is 5.17. The molecule has 3 N–H and O–H groups in total. The molecule has 1 fully saturated rings. The fourth-order valence-corrected chi connectivity index (χ4v) is 4.26. The Morgan fingerprint density at radius 1 is 1.14 bits per heavy atom. The second kappa shape index (κ2) is 5.33. The number of rotatable bonds is 2. The van der Waals surface area contributed by atoms with E-state index in [1.54, 1.807) is 7.11 Å². The van der Waals surface area contributed by atoms with Crippen molar-refractivity contribution in [1.82, 2.24) is 5.32 Å². The zero-order valence-electron chi connectivity index (χ0n) is 12.9. The molecule has 0 aromatic heterocycles. The number of methoxy groups -OCH3 is 1. The third kappa shape index (κ3) is 2.08. The number of nitrogens with two attached hydrogens (primary N) is 1. The van der Waals surface area contributed by atoms with E-state index in [4.69, 9.17) is 10.5 Å². The third-order valence-corrected chi connectivity index (χ3v) is 5.17. The number of piperidine rings is 1. The van der Waals surface area contributed by atoms with Crippen LogP contribution in [0.25, 0.3) is 0 Å². The highest BCUT2D eigenvalue weighted by atomic mass is 16.5. The maximum Gasteiger partial charge on any atom is 0.119 e. The molecule has 3 atom stereocenters. The standard InChI is InChI=1S/C19H22N2O/c1-22-14-7-8-15-17(11-14)18(12-4-2-5-13(20)10-12)16-6-3-9-21-19(15)16/h2,4-5,7-8,10-11,16,18-19,21H,3,6,9,20H2,1H3. The summed E-state index contributed by atoms with van der Waals surface area (Å²) in [5.74, 6) is 1.95. The predicted molar refractivity (Wildman–Crippen MR) is 89.2 cm³/mol. The molecule has 1 saturated heterocycles. The summed E-state index contributed by atoms with van der Waals surface area (Å²) in [7, 11) is 1.73. The minimum absolute atomic E-state index is 0.409. The largest absolute Gasteiger partial charge is 0.497 e. The van der Waals surface area contributed by atoms with Crippen LogP contribution >= 0.6 is 0 Å². The first kappa shape index (κ1) is 13.6. The van der Waals surface area contributed by atoms with E-state index in [1.165, 1.54) is 29.5 Å². The van der Waals surface area contributed by atoms with Crippen LogP contribution in [0.3, 0.4) is 0 Å². The highest BCUT2D eigenvalue weighted by Gasteiger charge is 2.42. The number of hydrogen-bond acceptors (Lipinski definition) is 3. The maximum absolute atomic E-state index is 6.03. The topological polar surface area (TPSA) is 47.3 Å². The van der Waals surface area contributed by atoms with Gasteiger partial charge in [0.2, 0.25) is 0 Å². The molecule has 2 aliphatic rings. The smallest absolute Gasteiger partial charge is 0.119 e. The predicted octanol–water partition coefficient (Wildman–Crippen LogP) is 3.46. The van der Waals surface area contributed by atoms with Crippen molar-refractivity contribution >= 4 is 5.69 Å².